The number of hydrogen-bond donors (Lipinski definition) is 2. The Balaban J connectivity index is 1.60. The van der Waals surface area contributed by atoms with Crippen molar-refractivity contribution in [3.05, 3.63) is 47.9 Å². The maximum atomic E-state index is 12.8. The lowest BCUT2D eigenvalue weighted by atomic mass is 9.66. The number of rotatable bonds is 7. The Morgan fingerprint density at radius 2 is 2.13 bits per heavy atom. The van der Waals surface area contributed by atoms with E-state index in [9.17, 15) is 9.90 Å². The van der Waals surface area contributed by atoms with Crippen LogP contribution < -0.4 is 14.8 Å². The minimum atomic E-state index is -0.699. The molecular weight excluding hydrogens is 396 g/mol. The van der Waals surface area contributed by atoms with Gasteiger partial charge in [0.15, 0.2) is 0 Å². The number of likely N-dealkylation sites (tertiary alicyclic amines) is 1. The van der Waals surface area contributed by atoms with Crippen LogP contribution >= 0.6 is 0 Å². The summed E-state index contributed by atoms with van der Waals surface area (Å²) in [5.74, 6) is 2.16. The van der Waals surface area contributed by atoms with Crippen molar-refractivity contribution in [3.63, 3.8) is 0 Å². The van der Waals surface area contributed by atoms with Gasteiger partial charge in [-0.25, -0.2) is 0 Å². The van der Waals surface area contributed by atoms with Crippen LogP contribution in [-0.4, -0.2) is 48.8 Å². The Kier molecular flexibility index (Phi) is 6.53. The summed E-state index contributed by atoms with van der Waals surface area (Å²) in [4.78, 5) is 15.0. The van der Waals surface area contributed by atoms with Crippen LogP contribution in [0.2, 0.25) is 0 Å². The summed E-state index contributed by atoms with van der Waals surface area (Å²) in [5.41, 5.74) is 0.293. The van der Waals surface area contributed by atoms with E-state index in [1.54, 1.807) is 20.5 Å². The van der Waals surface area contributed by atoms with Crippen LogP contribution in [0, 0.1) is 5.92 Å². The molecule has 2 fully saturated rings. The van der Waals surface area contributed by atoms with Crippen LogP contribution in [0.1, 0.15) is 49.5 Å². The Morgan fingerprint density at radius 3 is 2.87 bits per heavy atom. The summed E-state index contributed by atoms with van der Waals surface area (Å²) in [6.45, 7) is 1.28. The number of carbonyl (C=O) groups excluding carboxylic acids is 1. The number of nitrogens with one attached hydrogen (secondary N) is 1. The first-order chi connectivity index (χ1) is 15.0. The zero-order valence-electron chi connectivity index (χ0n) is 18.3. The third-order valence-electron chi connectivity index (χ3n) is 6.82. The first-order valence-corrected chi connectivity index (χ1v) is 11.0. The van der Waals surface area contributed by atoms with E-state index in [2.05, 4.69) is 10.2 Å². The normalized spacial score (nSPS) is 26.2. The molecule has 7 nitrogen and oxygen atoms in total. The summed E-state index contributed by atoms with van der Waals surface area (Å²) in [5, 5.41) is 14.4. The molecule has 1 aliphatic carbocycles. The fourth-order valence-electron chi connectivity index (χ4n) is 5.24. The van der Waals surface area contributed by atoms with Gasteiger partial charge in [-0.3, -0.25) is 9.69 Å². The lowest BCUT2D eigenvalue weighted by Gasteiger charge is -2.52. The average Bonchev–Trinajstić information content (AvgIpc) is 3.31. The second-order valence-corrected chi connectivity index (χ2v) is 8.59. The summed E-state index contributed by atoms with van der Waals surface area (Å²) in [6, 6.07) is 9.35. The van der Waals surface area contributed by atoms with Crippen molar-refractivity contribution in [2.75, 3.05) is 27.3 Å². The van der Waals surface area contributed by atoms with Gasteiger partial charge in [0.2, 0.25) is 5.91 Å². The molecule has 3 atom stereocenters. The van der Waals surface area contributed by atoms with E-state index in [0.29, 0.717) is 19.5 Å². The van der Waals surface area contributed by atoms with Crippen LogP contribution in [0.5, 0.6) is 11.5 Å². The van der Waals surface area contributed by atoms with Crippen molar-refractivity contribution < 1.29 is 23.8 Å². The number of benzene rings is 1. The summed E-state index contributed by atoms with van der Waals surface area (Å²) in [6.07, 6.45) is 6.15. The van der Waals surface area contributed by atoms with Gasteiger partial charge in [-0.2, -0.15) is 0 Å². The van der Waals surface area contributed by atoms with Crippen LogP contribution in [0.4, 0.5) is 0 Å². The largest absolute Gasteiger partial charge is 0.497 e. The van der Waals surface area contributed by atoms with E-state index in [1.165, 1.54) is 0 Å². The number of ether oxygens (including phenoxy) is 2. The third-order valence-corrected chi connectivity index (χ3v) is 6.82. The molecule has 1 aromatic carbocycles. The number of furan rings is 1. The molecule has 168 valence electrons. The molecule has 0 radical (unpaired) electrons. The quantitative estimate of drug-likeness (QED) is 0.704. The minimum Gasteiger partial charge on any atom is -0.497 e. The fraction of sp³-hybridized carbons (Fsp3) is 0.542. The fourth-order valence-corrected chi connectivity index (χ4v) is 5.24. The minimum absolute atomic E-state index is 0.0511. The molecule has 2 aliphatic rings. The SMILES string of the molecule is COc1ccc([C@H]2[C@@H]3CCCC[C@@]3(O)CCN2CC(=O)NCc2ccco2)c(OC)c1. The Labute approximate surface area is 183 Å². The van der Waals surface area contributed by atoms with Gasteiger partial charge < -0.3 is 24.3 Å². The smallest absolute Gasteiger partial charge is 0.234 e. The zero-order chi connectivity index (χ0) is 21.8. The average molecular weight is 429 g/mol. The topological polar surface area (TPSA) is 84.2 Å². The van der Waals surface area contributed by atoms with Gasteiger partial charge in [0, 0.05) is 30.1 Å². The predicted octanol–water partition coefficient (Wildman–Crippen LogP) is 3.28. The molecule has 0 bridgehead atoms. The monoisotopic (exact) mass is 428 g/mol. The van der Waals surface area contributed by atoms with Crippen LogP contribution in [-0.2, 0) is 11.3 Å². The van der Waals surface area contributed by atoms with Gasteiger partial charge in [-0.1, -0.05) is 18.9 Å². The predicted molar refractivity (Wildman–Crippen MR) is 116 cm³/mol. The van der Waals surface area contributed by atoms with E-state index in [4.69, 9.17) is 13.9 Å². The highest BCUT2D eigenvalue weighted by Gasteiger charge is 2.49. The molecule has 2 aromatic rings. The molecular formula is C24H32N2O5. The van der Waals surface area contributed by atoms with E-state index < -0.39 is 5.60 Å². The second kappa shape index (κ2) is 9.32. The molecule has 1 aromatic heterocycles. The van der Waals surface area contributed by atoms with Crippen molar-refractivity contribution in [2.45, 2.75) is 50.3 Å². The van der Waals surface area contributed by atoms with Gasteiger partial charge in [0.05, 0.1) is 39.2 Å². The molecule has 1 amide bonds. The number of aliphatic hydroxyl groups is 1. The van der Waals surface area contributed by atoms with Gasteiger partial charge in [0.1, 0.15) is 17.3 Å². The van der Waals surface area contributed by atoms with E-state index in [0.717, 1.165) is 48.5 Å². The first-order valence-electron chi connectivity index (χ1n) is 11.0. The summed E-state index contributed by atoms with van der Waals surface area (Å²) >= 11 is 0. The van der Waals surface area contributed by atoms with E-state index in [-0.39, 0.29) is 24.4 Å². The zero-order valence-corrected chi connectivity index (χ0v) is 18.3. The van der Waals surface area contributed by atoms with Gasteiger partial charge in [-0.15, -0.1) is 0 Å². The van der Waals surface area contributed by atoms with Gasteiger partial charge in [-0.05, 0) is 37.5 Å². The molecule has 1 saturated heterocycles. The van der Waals surface area contributed by atoms with Crippen LogP contribution in [0.15, 0.2) is 41.0 Å². The molecule has 4 rings (SSSR count). The highest BCUT2D eigenvalue weighted by Crippen LogP contribution is 2.51. The number of fused-ring (bicyclic) bond motifs is 1. The number of nitrogens with zero attached hydrogens (tertiary/aromatic N) is 1. The molecule has 7 heteroatoms. The highest BCUT2D eigenvalue weighted by molar-refractivity contribution is 5.78. The molecule has 31 heavy (non-hydrogen) atoms. The second-order valence-electron chi connectivity index (χ2n) is 8.59. The highest BCUT2D eigenvalue weighted by atomic mass is 16.5. The summed E-state index contributed by atoms with van der Waals surface area (Å²) in [7, 11) is 3.28. The number of carbonyl (C=O) groups is 1. The Morgan fingerprint density at radius 1 is 1.26 bits per heavy atom. The Bertz CT molecular complexity index is 884. The van der Waals surface area contributed by atoms with Crippen LogP contribution in [0.3, 0.4) is 0 Å². The maximum absolute atomic E-state index is 12.8. The standard InChI is InChI=1S/C24H32N2O5/c1-29-17-8-9-19(21(14-17)30-2)23-20-7-3-4-10-24(20,28)11-12-26(23)16-22(27)25-15-18-6-5-13-31-18/h5-6,8-9,13-14,20,23,28H,3-4,7,10-12,15-16H2,1-2H3,(H,25,27)/t20-,23-,24+/m0/s1. The summed E-state index contributed by atoms with van der Waals surface area (Å²) < 4.78 is 16.4. The lowest BCUT2D eigenvalue weighted by Crippen LogP contribution is -2.56. The molecule has 0 unspecified atom stereocenters. The van der Waals surface area contributed by atoms with Crippen molar-refractivity contribution in [1.82, 2.24) is 10.2 Å². The Hall–Kier alpha value is -2.51. The van der Waals surface area contributed by atoms with Gasteiger partial charge in [0.25, 0.3) is 0 Å². The number of piperidine rings is 1. The van der Waals surface area contributed by atoms with Crippen molar-refractivity contribution >= 4 is 5.91 Å². The van der Waals surface area contributed by atoms with Crippen LogP contribution in [0.25, 0.3) is 0 Å². The van der Waals surface area contributed by atoms with Crippen molar-refractivity contribution in [1.29, 1.82) is 0 Å². The molecule has 0 spiro atoms. The van der Waals surface area contributed by atoms with Crippen molar-refractivity contribution in [2.24, 2.45) is 5.92 Å². The first kappa shape index (κ1) is 21.7. The molecule has 1 saturated carbocycles. The number of methoxy groups -OCH3 is 2. The van der Waals surface area contributed by atoms with Crippen molar-refractivity contribution in [3.8, 4) is 11.5 Å². The number of hydrogen-bond acceptors (Lipinski definition) is 6. The third kappa shape index (κ3) is 4.57. The lowest BCUT2D eigenvalue weighted by molar-refractivity contribution is -0.138. The molecule has 2 heterocycles. The maximum Gasteiger partial charge on any atom is 0.234 e. The van der Waals surface area contributed by atoms with E-state index >= 15 is 0 Å². The molecule has 1 aliphatic heterocycles. The van der Waals surface area contributed by atoms with E-state index in [1.807, 2.05) is 30.3 Å². The van der Waals surface area contributed by atoms with Gasteiger partial charge >= 0.3 is 0 Å². The number of amides is 1. The molecule has 2 N–H and O–H groups in total.